The molecule has 1 heterocycles. The lowest BCUT2D eigenvalue weighted by Gasteiger charge is -2.26. The van der Waals surface area contributed by atoms with Crippen molar-refractivity contribution in [3.05, 3.63) is 12.2 Å². The largest absolute Gasteiger partial charge is 0.308 e. The number of hydrogen-bond donors (Lipinski definition) is 1. The van der Waals surface area contributed by atoms with Crippen LogP contribution < -0.4 is 5.32 Å². The van der Waals surface area contributed by atoms with Crippen LogP contribution in [0.1, 0.15) is 46.0 Å². The van der Waals surface area contributed by atoms with Crippen molar-refractivity contribution in [1.29, 1.82) is 0 Å². The lowest BCUT2D eigenvalue weighted by molar-refractivity contribution is 0.374. The summed E-state index contributed by atoms with van der Waals surface area (Å²) in [5.41, 5.74) is 0. The lowest BCUT2D eigenvalue weighted by atomic mass is 9.99. The van der Waals surface area contributed by atoms with Gasteiger partial charge in [0.1, 0.15) is 0 Å². The van der Waals surface area contributed by atoms with E-state index in [1.165, 1.54) is 32.1 Å². The van der Waals surface area contributed by atoms with Crippen LogP contribution in [0.25, 0.3) is 0 Å². The molecule has 0 aromatic carbocycles. The molecule has 78 valence electrons. The SMILES string of the molecule is CCCC=C[C@@H]1CCC[C@@H](C)N1.Cl. The van der Waals surface area contributed by atoms with Crippen molar-refractivity contribution in [2.45, 2.75) is 58.0 Å². The van der Waals surface area contributed by atoms with E-state index < -0.39 is 0 Å². The molecule has 1 fully saturated rings. The van der Waals surface area contributed by atoms with E-state index >= 15 is 0 Å². The Labute approximate surface area is 88.4 Å². The Morgan fingerprint density at radius 2 is 2.15 bits per heavy atom. The van der Waals surface area contributed by atoms with Gasteiger partial charge in [-0.3, -0.25) is 0 Å². The highest BCUT2D eigenvalue weighted by Crippen LogP contribution is 2.13. The van der Waals surface area contributed by atoms with Gasteiger partial charge in [0, 0.05) is 12.1 Å². The molecule has 2 heteroatoms. The fourth-order valence-electron chi connectivity index (χ4n) is 1.76. The highest BCUT2D eigenvalue weighted by Gasteiger charge is 2.14. The maximum absolute atomic E-state index is 3.59. The minimum Gasteiger partial charge on any atom is -0.308 e. The minimum absolute atomic E-state index is 0. The maximum atomic E-state index is 3.59. The molecule has 0 saturated carbocycles. The molecule has 1 nitrogen and oxygen atoms in total. The van der Waals surface area contributed by atoms with Crippen molar-refractivity contribution < 1.29 is 0 Å². The van der Waals surface area contributed by atoms with E-state index in [0.717, 1.165) is 6.04 Å². The van der Waals surface area contributed by atoms with Crippen LogP contribution in [0.5, 0.6) is 0 Å². The Kier molecular flexibility index (Phi) is 7.39. The molecule has 0 spiro atoms. The van der Waals surface area contributed by atoms with Gasteiger partial charge in [-0.2, -0.15) is 0 Å². The monoisotopic (exact) mass is 203 g/mol. The average molecular weight is 204 g/mol. The van der Waals surface area contributed by atoms with Crippen LogP contribution in [-0.2, 0) is 0 Å². The second-order valence-corrected chi connectivity index (χ2v) is 3.82. The average Bonchev–Trinajstić information content (AvgIpc) is 2.05. The van der Waals surface area contributed by atoms with Crippen LogP contribution in [0.4, 0.5) is 0 Å². The van der Waals surface area contributed by atoms with Crippen LogP contribution in [-0.4, -0.2) is 12.1 Å². The van der Waals surface area contributed by atoms with Gasteiger partial charge in [-0.15, -0.1) is 12.4 Å². The molecule has 0 unspecified atom stereocenters. The van der Waals surface area contributed by atoms with Crippen molar-refractivity contribution in [2.24, 2.45) is 0 Å². The van der Waals surface area contributed by atoms with E-state index in [1.807, 2.05) is 0 Å². The third kappa shape index (κ3) is 5.33. The highest BCUT2D eigenvalue weighted by atomic mass is 35.5. The predicted octanol–water partition coefficient (Wildman–Crippen LogP) is 3.30. The quantitative estimate of drug-likeness (QED) is 0.695. The van der Waals surface area contributed by atoms with E-state index in [-0.39, 0.29) is 12.4 Å². The van der Waals surface area contributed by atoms with Crippen molar-refractivity contribution in [3.63, 3.8) is 0 Å². The fraction of sp³-hybridized carbons (Fsp3) is 0.818. The molecule has 1 saturated heterocycles. The van der Waals surface area contributed by atoms with Crippen molar-refractivity contribution in [2.75, 3.05) is 0 Å². The summed E-state index contributed by atoms with van der Waals surface area (Å²) in [4.78, 5) is 0. The van der Waals surface area contributed by atoms with Gasteiger partial charge in [-0.05, 0) is 26.2 Å². The normalized spacial score (nSPS) is 28.8. The van der Waals surface area contributed by atoms with E-state index in [0.29, 0.717) is 6.04 Å². The molecular weight excluding hydrogens is 182 g/mol. The molecule has 0 radical (unpaired) electrons. The number of halogens is 1. The summed E-state index contributed by atoms with van der Waals surface area (Å²) in [7, 11) is 0. The van der Waals surface area contributed by atoms with Crippen LogP contribution >= 0.6 is 12.4 Å². The van der Waals surface area contributed by atoms with Gasteiger partial charge in [0.2, 0.25) is 0 Å². The summed E-state index contributed by atoms with van der Waals surface area (Å²) in [6.07, 6.45) is 11.2. The number of piperidine rings is 1. The molecule has 0 aromatic rings. The molecular formula is C11H22ClN. The third-order valence-electron chi connectivity index (χ3n) is 2.47. The Balaban J connectivity index is 0.00000144. The first-order valence-electron chi connectivity index (χ1n) is 5.25. The summed E-state index contributed by atoms with van der Waals surface area (Å²) in [6.45, 7) is 4.50. The van der Waals surface area contributed by atoms with Gasteiger partial charge in [-0.25, -0.2) is 0 Å². The topological polar surface area (TPSA) is 12.0 Å². The van der Waals surface area contributed by atoms with E-state index in [1.54, 1.807) is 0 Å². The number of allylic oxidation sites excluding steroid dienone is 1. The van der Waals surface area contributed by atoms with Crippen LogP contribution in [0.3, 0.4) is 0 Å². The summed E-state index contributed by atoms with van der Waals surface area (Å²) < 4.78 is 0. The van der Waals surface area contributed by atoms with Gasteiger partial charge in [-0.1, -0.05) is 31.9 Å². The summed E-state index contributed by atoms with van der Waals surface area (Å²) in [6, 6.07) is 1.37. The first kappa shape index (κ1) is 13.0. The smallest absolute Gasteiger partial charge is 0.0252 e. The zero-order valence-electron chi connectivity index (χ0n) is 8.75. The van der Waals surface area contributed by atoms with Crippen molar-refractivity contribution in [1.82, 2.24) is 5.32 Å². The molecule has 13 heavy (non-hydrogen) atoms. The molecule has 0 aliphatic carbocycles. The molecule has 1 aliphatic heterocycles. The van der Waals surface area contributed by atoms with E-state index in [9.17, 15) is 0 Å². The van der Waals surface area contributed by atoms with Crippen LogP contribution in [0, 0.1) is 0 Å². The Bertz CT molecular complexity index is 145. The Hall–Kier alpha value is -0.0100. The second kappa shape index (κ2) is 7.40. The lowest BCUT2D eigenvalue weighted by Crippen LogP contribution is -2.39. The van der Waals surface area contributed by atoms with Gasteiger partial charge in [0.15, 0.2) is 0 Å². The standard InChI is InChI=1S/C11H21N.ClH/c1-3-4-5-8-11-9-6-7-10(2)12-11;/h5,8,10-12H,3-4,6-7,9H2,1-2H3;1H/t10-,11-;/m1./s1. The molecule has 1 aliphatic rings. The Morgan fingerprint density at radius 3 is 2.77 bits per heavy atom. The number of unbranched alkanes of at least 4 members (excludes halogenated alkanes) is 1. The van der Waals surface area contributed by atoms with E-state index in [2.05, 4.69) is 31.3 Å². The van der Waals surface area contributed by atoms with Crippen LogP contribution in [0.15, 0.2) is 12.2 Å². The highest BCUT2D eigenvalue weighted by molar-refractivity contribution is 5.85. The second-order valence-electron chi connectivity index (χ2n) is 3.82. The zero-order valence-corrected chi connectivity index (χ0v) is 9.57. The zero-order chi connectivity index (χ0) is 8.81. The molecule has 0 aromatic heterocycles. The first-order valence-corrected chi connectivity index (χ1v) is 5.25. The molecule has 2 atom stereocenters. The summed E-state index contributed by atoms with van der Waals surface area (Å²) in [5.74, 6) is 0. The number of hydrogen-bond acceptors (Lipinski definition) is 1. The van der Waals surface area contributed by atoms with Gasteiger partial charge >= 0.3 is 0 Å². The fourth-order valence-corrected chi connectivity index (χ4v) is 1.76. The minimum atomic E-state index is 0. The molecule has 0 bridgehead atoms. The van der Waals surface area contributed by atoms with Gasteiger partial charge in [0.05, 0.1) is 0 Å². The van der Waals surface area contributed by atoms with Gasteiger partial charge in [0.25, 0.3) is 0 Å². The molecule has 0 amide bonds. The summed E-state index contributed by atoms with van der Waals surface area (Å²) in [5, 5.41) is 3.59. The third-order valence-corrected chi connectivity index (χ3v) is 2.47. The molecule has 1 N–H and O–H groups in total. The number of rotatable bonds is 3. The maximum Gasteiger partial charge on any atom is 0.0252 e. The van der Waals surface area contributed by atoms with Crippen LogP contribution in [0.2, 0.25) is 0 Å². The number of nitrogens with one attached hydrogen (secondary N) is 1. The first-order chi connectivity index (χ1) is 5.83. The van der Waals surface area contributed by atoms with Crippen molar-refractivity contribution >= 4 is 12.4 Å². The predicted molar refractivity (Wildman–Crippen MR) is 61.5 cm³/mol. The van der Waals surface area contributed by atoms with E-state index in [4.69, 9.17) is 0 Å². The Morgan fingerprint density at radius 1 is 1.38 bits per heavy atom. The van der Waals surface area contributed by atoms with Gasteiger partial charge < -0.3 is 5.32 Å². The summed E-state index contributed by atoms with van der Waals surface area (Å²) >= 11 is 0. The van der Waals surface area contributed by atoms with Crippen molar-refractivity contribution in [3.8, 4) is 0 Å². The molecule has 1 rings (SSSR count).